The van der Waals surface area contributed by atoms with E-state index >= 15 is 0 Å². The lowest BCUT2D eigenvalue weighted by atomic mass is 9.97. The summed E-state index contributed by atoms with van der Waals surface area (Å²) in [6.07, 6.45) is 1.49. The van der Waals surface area contributed by atoms with E-state index in [0.29, 0.717) is 18.4 Å². The summed E-state index contributed by atoms with van der Waals surface area (Å²) in [6.45, 7) is 2.96. The van der Waals surface area contributed by atoms with Crippen molar-refractivity contribution in [2.45, 2.75) is 31.7 Å². The zero-order chi connectivity index (χ0) is 15.5. The van der Waals surface area contributed by atoms with Crippen LogP contribution < -0.4 is 5.73 Å². The first-order chi connectivity index (χ1) is 10.6. The number of benzene rings is 2. The largest absolute Gasteiger partial charge is 0.399 e. The third-order valence-corrected chi connectivity index (χ3v) is 4.50. The van der Waals surface area contributed by atoms with Gasteiger partial charge in [-0.1, -0.05) is 42.5 Å². The van der Waals surface area contributed by atoms with Gasteiger partial charge in [-0.15, -0.1) is 12.4 Å². The molecule has 3 rings (SSSR count). The summed E-state index contributed by atoms with van der Waals surface area (Å²) in [5, 5.41) is 0. The number of carbonyl (C=O) groups excluding carboxylic acids is 1. The van der Waals surface area contributed by atoms with E-state index in [9.17, 15) is 4.79 Å². The molecule has 1 aliphatic heterocycles. The maximum absolute atomic E-state index is 12.6. The Morgan fingerprint density at radius 3 is 2.43 bits per heavy atom. The summed E-state index contributed by atoms with van der Waals surface area (Å²) in [5.41, 5.74) is 8.77. The number of hydrogen-bond donors (Lipinski definition) is 1. The Bertz CT molecular complexity index is 642. The van der Waals surface area contributed by atoms with Crippen LogP contribution in [0.1, 0.15) is 30.4 Å². The molecule has 0 saturated carbocycles. The molecule has 122 valence electrons. The molecule has 0 spiro atoms. The molecule has 2 aromatic rings. The number of likely N-dealkylation sites (tertiary alicyclic amines) is 1. The van der Waals surface area contributed by atoms with Crippen molar-refractivity contribution in [3.8, 4) is 0 Å². The molecule has 3 nitrogen and oxygen atoms in total. The van der Waals surface area contributed by atoms with Crippen LogP contribution in [0.3, 0.4) is 0 Å². The van der Waals surface area contributed by atoms with E-state index in [1.807, 2.05) is 35.2 Å². The lowest BCUT2D eigenvalue weighted by Gasteiger charge is -2.21. The summed E-state index contributed by atoms with van der Waals surface area (Å²) in [6, 6.07) is 18.4. The fraction of sp³-hybridized carbons (Fsp3) is 0.316. The van der Waals surface area contributed by atoms with Crippen LogP contribution >= 0.6 is 12.4 Å². The van der Waals surface area contributed by atoms with Gasteiger partial charge < -0.3 is 10.6 Å². The van der Waals surface area contributed by atoms with E-state index in [1.165, 1.54) is 5.56 Å². The molecule has 1 heterocycles. The van der Waals surface area contributed by atoms with Gasteiger partial charge in [0, 0.05) is 24.2 Å². The highest BCUT2D eigenvalue weighted by Gasteiger charge is 2.32. The average molecular weight is 331 g/mol. The smallest absolute Gasteiger partial charge is 0.227 e. The van der Waals surface area contributed by atoms with Gasteiger partial charge in [0.15, 0.2) is 0 Å². The van der Waals surface area contributed by atoms with Crippen molar-refractivity contribution in [2.24, 2.45) is 0 Å². The fourth-order valence-corrected chi connectivity index (χ4v) is 3.26. The number of rotatable bonds is 3. The zero-order valence-corrected chi connectivity index (χ0v) is 14.1. The molecule has 1 aliphatic rings. The topological polar surface area (TPSA) is 46.3 Å². The monoisotopic (exact) mass is 330 g/mol. The standard InChI is InChI=1S/C19H22N2O.ClH/c1-14-11-17(16-5-3-2-4-6-16)13-21(14)19(22)12-15-7-9-18(20)10-8-15;/h2-10,14,17H,11-13,20H2,1H3;1H. The van der Waals surface area contributed by atoms with Crippen LogP contribution in [-0.2, 0) is 11.2 Å². The minimum Gasteiger partial charge on any atom is -0.399 e. The maximum Gasteiger partial charge on any atom is 0.227 e. The van der Waals surface area contributed by atoms with Crippen molar-refractivity contribution in [3.63, 3.8) is 0 Å². The minimum atomic E-state index is 0. The van der Waals surface area contributed by atoms with Gasteiger partial charge in [0.05, 0.1) is 6.42 Å². The van der Waals surface area contributed by atoms with Crippen molar-refractivity contribution in [2.75, 3.05) is 12.3 Å². The van der Waals surface area contributed by atoms with E-state index in [4.69, 9.17) is 5.73 Å². The first-order valence-corrected chi connectivity index (χ1v) is 7.82. The first-order valence-electron chi connectivity index (χ1n) is 7.82. The number of nitrogens with two attached hydrogens (primary N) is 1. The molecule has 2 unspecified atom stereocenters. The summed E-state index contributed by atoms with van der Waals surface area (Å²) in [5.74, 6) is 0.655. The summed E-state index contributed by atoms with van der Waals surface area (Å²) in [7, 11) is 0. The zero-order valence-electron chi connectivity index (χ0n) is 13.3. The minimum absolute atomic E-state index is 0. The van der Waals surface area contributed by atoms with Gasteiger partial charge in [-0.2, -0.15) is 0 Å². The maximum atomic E-state index is 12.6. The molecule has 4 heteroatoms. The molecule has 0 radical (unpaired) electrons. The molecule has 0 bridgehead atoms. The van der Waals surface area contributed by atoms with Gasteiger partial charge in [-0.3, -0.25) is 4.79 Å². The summed E-state index contributed by atoms with van der Waals surface area (Å²) in [4.78, 5) is 14.6. The number of hydrogen-bond acceptors (Lipinski definition) is 2. The molecule has 1 amide bonds. The van der Waals surface area contributed by atoms with Crippen molar-refractivity contribution in [3.05, 3.63) is 65.7 Å². The molecular formula is C19H23ClN2O. The Labute approximate surface area is 143 Å². The van der Waals surface area contributed by atoms with E-state index in [0.717, 1.165) is 24.2 Å². The lowest BCUT2D eigenvalue weighted by molar-refractivity contribution is -0.131. The van der Waals surface area contributed by atoms with Gasteiger partial charge in [-0.05, 0) is 36.6 Å². The number of amides is 1. The van der Waals surface area contributed by atoms with Crippen LogP contribution in [0, 0.1) is 0 Å². The highest BCUT2D eigenvalue weighted by molar-refractivity contribution is 5.85. The predicted octanol–water partition coefficient (Wildman–Crippen LogP) is 3.64. The van der Waals surface area contributed by atoms with Crippen LogP contribution in [0.2, 0.25) is 0 Å². The second-order valence-electron chi connectivity index (χ2n) is 6.16. The Hall–Kier alpha value is -2.00. The van der Waals surface area contributed by atoms with Gasteiger partial charge in [-0.25, -0.2) is 0 Å². The van der Waals surface area contributed by atoms with Gasteiger partial charge >= 0.3 is 0 Å². The van der Waals surface area contributed by atoms with E-state index in [1.54, 1.807) is 0 Å². The Balaban J connectivity index is 0.00000192. The van der Waals surface area contributed by atoms with Crippen molar-refractivity contribution >= 4 is 24.0 Å². The number of halogens is 1. The van der Waals surface area contributed by atoms with Gasteiger partial charge in [0.1, 0.15) is 0 Å². The second-order valence-corrected chi connectivity index (χ2v) is 6.16. The average Bonchev–Trinajstić information content (AvgIpc) is 2.92. The van der Waals surface area contributed by atoms with Crippen molar-refractivity contribution in [1.29, 1.82) is 0 Å². The first kappa shape index (κ1) is 17.4. The molecule has 2 atom stereocenters. The summed E-state index contributed by atoms with van der Waals surface area (Å²) < 4.78 is 0. The number of anilines is 1. The van der Waals surface area contributed by atoms with E-state index in [2.05, 4.69) is 31.2 Å². The molecule has 23 heavy (non-hydrogen) atoms. The number of nitrogens with zero attached hydrogens (tertiary/aromatic N) is 1. The fourth-order valence-electron chi connectivity index (χ4n) is 3.26. The van der Waals surface area contributed by atoms with Crippen molar-refractivity contribution in [1.82, 2.24) is 4.90 Å². The Morgan fingerprint density at radius 2 is 1.78 bits per heavy atom. The van der Waals surface area contributed by atoms with Gasteiger partial charge in [0.25, 0.3) is 0 Å². The number of carbonyl (C=O) groups is 1. The van der Waals surface area contributed by atoms with Crippen LogP contribution in [0.5, 0.6) is 0 Å². The van der Waals surface area contributed by atoms with E-state index < -0.39 is 0 Å². The van der Waals surface area contributed by atoms with Crippen molar-refractivity contribution < 1.29 is 4.79 Å². The van der Waals surface area contributed by atoms with E-state index in [-0.39, 0.29) is 18.3 Å². The van der Waals surface area contributed by atoms with Crippen LogP contribution in [-0.4, -0.2) is 23.4 Å². The highest BCUT2D eigenvalue weighted by Crippen LogP contribution is 2.31. The quantitative estimate of drug-likeness (QED) is 0.873. The SMILES string of the molecule is CC1CC(c2ccccc2)CN1C(=O)Cc1ccc(N)cc1.Cl. The van der Waals surface area contributed by atoms with Crippen LogP contribution in [0.15, 0.2) is 54.6 Å². The predicted molar refractivity (Wildman–Crippen MR) is 96.8 cm³/mol. The molecule has 1 fully saturated rings. The summed E-state index contributed by atoms with van der Waals surface area (Å²) >= 11 is 0. The molecule has 0 aromatic heterocycles. The molecule has 2 N–H and O–H groups in total. The second kappa shape index (κ2) is 7.51. The lowest BCUT2D eigenvalue weighted by Crippen LogP contribution is -2.35. The third-order valence-electron chi connectivity index (χ3n) is 4.50. The number of nitrogen functional groups attached to an aromatic ring is 1. The highest BCUT2D eigenvalue weighted by atomic mass is 35.5. The molecule has 0 aliphatic carbocycles. The Kier molecular flexibility index (Phi) is 5.67. The van der Waals surface area contributed by atoms with Gasteiger partial charge in [0.2, 0.25) is 5.91 Å². The van der Waals surface area contributed by atoms with Crippen LogP contribution in [0.4, 0.5) is 5.69 Å². The van der Waals surface area contributed by atoms with Crippen LogP contribution in [0.25, 0.3) is 0 Å². The Morgan fingerprint density at radius 1 is 1.13 bits per heavy atom. The molecular weight excluding hydrogens is 308 g/mol. The normalized spacial score (nSPS) is 20.1. The molecule has 1 saturated heterocycles. The molecule has 2 aromatic carbocycles. The third kappa shape index (κ3) is 4.05.